The summed E-state index contributed by atoms with van der Waals surface area (Å²) in [6.07, 6.45) is 2.66. The third kappa shape index (κ3) is 3.93. The monoisotopic (exact) mass is 410 g/mol. The van der Waals surface area contributed by atoms with E-state index >= 15 is 0 Å². The molecule has 1 unspecified atom stereocenters. The lowest BCUT2D eigenvalue weighted by Gasteiger charge is -2.11. The molecular weight excluding hydrogens is 388 g/mol. The van der Waals surface area contributed by atoms with Crippen molar-refractivity contribution in [3.8, 4) is 11.6 Å². The maximum absolute atomic E-state index is 12.9. The number of hydrogen-bond donors (Lipinski definition) is 1. The highest BCUT2D eigenvalue weighted by Crippen LogP contribution is 2.22. The van der Waals surface area contributed by atoms with Gasteiger partial charge in [-0.05, 0) is 37.3 Å². The van der Waals surface area contributed by atoms with Gasteiger partial charge in [-0.1, -0.05) is 18.2 Å². The average Bonchev–Trinajstić information content (AvgIpc) is 3.32. The summed E-state index contributed by atoms with van der Waals surface area (Å²) < 4.78 is 9.07. The fourth-order valence-corrected chi connectivity index (χ4v) is 4.35. The van der Waals surface area contributed by atoms with E-state index in [1.807, 2.05) is 42.1 Å². The second-order valence-electron chi connectivity index (χ2n) is 6.88. The van der Waals surface area contributed by atoms with Crippen LogP contribution in [0, 0.1) is 6.92 Å². The molecule has 3 aromatic rings. The molecule has 1 fully saturated rings. The first-order valence-corrected chi connectivity index (χ1v) is 10.6. The smallest absolute Gasteiger partial charge is 0.295 e. The summed E-state index contributed by atoms with van der Waals surface area (Å²) in [5.74, 6) is 2.19. The van der Waals surface area contributed by atoms with E-state index in [-0.39, 0.29) is 23.3 Å². The summed E-state index contributed by atoms with van der Waals surface area (Å²) >= 11 is 1.86. The Bertz CT molecular complexity index is 1070. The number of ether oxygens (including phenoxy) is 1. The van der Waals surface area contributed by atoms with Gasteiger partial charge in [0.05, 0.1) is 16.9 Å². The molecule has 1 aliphatic heterocycles. The second-order valence-corrected chi connectivity index (χ2v) is 8.03. The molecule has 3 heterocycles. The maximum atomic E-state index is 12.9. The number of carbonyl (C=O) groups is 1. The molecular formula is C21H22N4O3S. The van der Waals surface area contributed by atoms with Gasteiger partial charge in [0.25, 0.3) is 11.5 Å². The van der Waals surface area contributed by atoms with Crippen LogP contribution in [0.2, 0.25) is 0 Å². The minimum Gasteiger partial charge on any atom is -0.473 e. The lowest BCUT2D eigenvalue weighted by molar-refractivity contribution is 0.102. The largest absolute Gasteiger partial charge is 0.473 e. The molecule has 0 bridgehead atoms. The molecule has 0 aliphatic carbocycles. The molecule has 0 saturated carbocycles. The van der Waals surface area contributed by atoms with Crippen LogP contribution in [0.3, 0.4) is 0 Å². The molecule has 1 saturated heterocycles. The highest BCUT2D eigenvalue weighted by atomic mass is 32.2. The van der Waals surface area contributed by atoms with Gasteiger partial charge in [-0.2, -0.15) is 11.8 Å². The van der Waals surface area contributed by atoms with Crippen LogP contribution >= 0.6 is 11.8 Å². The Balaban J connectivity index is 1.53. The zero-order chi connectivity index (χ0) is 20.4. The molecule has 1 amide bonds. The number of nitrogens with one attached hydrogen (secondary N) is 1. The molecule has 7 nitrogen and oxygen atoms in total. The number of anilines is 1. The first-order chi connectivity index (χ1) is 14.0. The molecule has 0 radical (unpaired) electrons. The van der Waals surface area contributed by atoms with Crippen LogP contribution in [0.25, 0.3) is 5.69 Å². The van der Waals surface area contributed by atoms with Gasteiger partial charge >= 0.3 is 0 Å². The highest BCUT2D eigenvalue weighted by molar-refractivity contribution is 7.99. The van der Waals surface area contributed by atoms with E-state index in [9.17, 15) is 9.59 Å². The third-order valence-electron chi connectivity index (χ3n) is 4.97. The number of pyridine rings is 1. The quantitative estimate of drug-likeness (QED) is 0.700. The lowest BCUT2D eigenvalue weighted by Crippen LogP contribution is -2.23. The van der Waals surface area contributed by atoms with E-state index in [1.54, 1.807) is 30.8 Å². The standard InChI is InChI=1S/C21H22N4O3S/c1-14-19(21(27)25(24(14)2)16-6-4-3-5-7-16)23-20(26)15-8-9-18(22-12-15)28-17-10-11-29-13-17/h3-9,12,17H,10-11,13H2,1-2H3,(H,23,26). The van der Waals surface area contributed by atoms with Crippen molar-refractivity contribution >= 4 is 23.4 Å². The minimum atomic E-state index is -0.383. The molecule has 1 N–H and O–H groups in total. The van der Waals surface area contributed by atoms with E-state index in [0.29, 0.717) is 17.1 Å². The maximum Gasteiger partial charge on any atom is 0.295 e. The number of amides is 1. The van der Waals surface area contributed by atoms with Crippen molar-refractivity contribution in [3.63, 3.8) is 0 Å². The van der Waals surface area contributed by atoms with Gasteiger partial charge in [0, 0.05) is 25.1 Å². The predicted molar refractivity (Wildman–Crippen MR) is 114 cm³/mol. The normalized spacial score (nSPS) is 16.0. The molecule has 1 aromatic carbocycles. The Hall–Kier alpha value is -3.00. The first kappa shape index (κ1) is 19.3. The molecule has 4 rings (SSSR count). The fraction of sp³-hybridized carbons (Fsp3) is 0.286. The number of para-hydroxylation sites is 1. The van der Waals surface area contributed by atoms with Crippen LogP contribution in [0.5, 0.6) is 5.88 Å². The van der Waals surface area contributed by atoms with Gasteiger partial charge in [0.15, 0.2) is 0 Å². The lowest BCUT2D eigenvalue weighted by atomic mass is 10.2. The van der Waals surface area contributed by atoms with Crippen LogP contribution < -0.4 is 15.6 Å². The second kappa shape index (κ2) is 8.16. The summed E-state index contributed by atoms with van der Waals surface area (Å²) in [6, 6.07) is 12.7. The van der Waals surface area contributed by atoms with Gasteiger partial charge in [-0.15, -0.1) is 0 Å². The summed E-state index contributed by atoms with van der Waals surface area (Å²) in [6.45, 7) is 1.80. The molecule has 1 atom stereocenters. The molecule has 150 valence electrons. The van der Waals surface area contributed by atoms with E-state index in [1.165, 1.54) is 10.9 Å². The zero-order valence-electron chi connectivity index (χ0n) is 16.3. The van der Waals surface area contributed by atoms with E-state index in [2.05, 4.69) is 10.3 Å². The van der Waals surface area contributed by atoms with Crippen molar-refractivity contribution in [3.05, 3.63) is 70.3 Å². The summed E-state index contributed by atoms with van der Waals surface area (Å²) in [5.41, 5.74) is 1.74. The Labute approximate surface area is 172 Å². The van der Waals surface area contributed by atoms with Crippen LogP contribution in [-0.4, -0.2) is 37.9 Å². The van der Waals surface area contributed by atoms with Crippen LogP contribution in [0.4, 0.5) is 5.69 Å². The number of carbonyl (C=O) groups excluding carboxylic acids is 1. The Kier molecular flexibility index (Phi) is 5.44. The van der Waals surface area contributed by atoms with Crippen LogP contribution in [0.1, 0.15) is 22.5 Å². The number of thioether (sulfide) groups is 1. The van der Waals surface area contributed by atoms with Crippen LogP contribution in [0.15, 0.2) is 53.5 Å². The van der Waals surface area contributed by atoms with E-state index in [0.717, 1.165) is 23.6 Å². The van der Waals surface area contributed by atoms with Crippen molar-refractivity contribution in [2.75, 3.05) is 16.8 Å². The van der Waals surface area contributed by atoms with Gasteiger partial charge in [0.1, 0.15) is 11.8 Å². The molecule has 1 aliphatic rings. The number of rotatable bonds is 5. The van der Waals surface area contributed by atoms with Crippen LogP contribution in [-0.2, 0) is 7.05 Å². The zero-order valence-corrected chi connectivity index (χ0v) is 17.1. The topological polar surface area (TPSA) is 78.2 Å². The Morgan fingerprint density at radius 3 is 2.69 bits per heavy atom. The molecule has 2 aromatic heterocycles. The number of aromatic nitrogens is 3. The van der Waals surface area contributed by atoms with Crippen molar-refractivity contribution in [2.45, 2.75) is 19.4 Å². The highest BCUT2D eigenvalue weighted by Gasteiger charge is 2.20. The minimum absolute atomic E-state index is 0.176. The van der Waals surface area contributed by atoms with Crippen molar-refractivity contribution < 1.29 is 9.53 Å². The van der Waals surface area contributed by atoms with Gasteiger partial charge in [0.2, 0.25) is 5.88 Å². The van der Waals surface area contributed by atoms with Crippen molar-refractivity contribution in [1.82, 2.24) is 14.3 Å². The summed E-state index contributed by atoms with van der Waals surface area (Å²) in [4.78, 5) is 29.8. The van der Waals surface area contributed by atoms with Crippen molar-refractivity contribution in [2.24, 2.45) is 7.05 Å². The van der Waals surface area contributed by atoms with Gasteiger partial charge in [-0.3, -0.25) is 14.3 Å². The first-order valence-electron chi connectivity index (χ1n) is 9.40. The van der Waals surface area contributed by atoms with E-state index < -0.39 is 0 Å². The molecule has 0 spiro atoms. The average molecular weight is 410 g/mol. The third-order valence-corrected chi connectivity index (χ3v) is 6.10. The Morgan fingerprint density at radius 2 is 2.03 bits per heavy atom. The van der Waals surface area contributed by atoms with Gasteiger partial charge < -0.3 is 10.1 Å². The fourth-order valence-electron chi connectivity index (χ4n) is 3.26. The summed E-state index contributed by atoms with van der Waals surface area (Å²) in [5, 5.41) is 2.74. The van der Waals surface area contributed by atoms with Crippen molar-refractivity contribution in [1.29, 1.82) is 0 Å². The number of hydrogen-bond acceptors (Lipinski definition) is 5. The SMILES string of the molecule is Cc1c(NC(=O)c2ccc(OC3CCSC3)nc2)c(=O)n(-c2ccccc2)n1C. The number of benzene rings is 1. The molecule has 29 heavy (non-hydrogen) atoms. The summed E-state index contributed by atoms with van der Waals surface area (Å²) in [7, 11) is 1.79. The number of nitrogens with zero attached hydrogens (tertiary/aromatic N) is 3. The molecule has 8 heteroatoms. The van der Waals surface area contributed by atoms with E-state index in [4.69, 9.17) is 4.74 Å². The Morgan fingerprint density at radius 1 is 1.24 bits per heavy atom. The predicted octanol–water partition coefficient (Wildman–Crippen LogP) is 3.02. The van der Waals surface area contributed by atoms with Gasteiger partial charge in [-0.25, -0.2) is 9.67 Å².